The Bertz CT molecular complexity index is 687. The van der Waals surface area contributed by atoms with E-state index in [2.05, 4.69) is 18.5 Å². The summed E-state index contributed by atoms with van der Waals surface area (Å²) in [5.74, 6) is -1.55. The first-order chi connectivity index (χ1) is 12.8. The highest BCUT2D eigenvalue weighted by Gasteiger charge is 2.27. The van der Waals surface area contributed by atoms with Gasteiger partial charge in [-0.1, -0.05) is 43.7 Å². The molecule has 6 nitrogen and oxygen atoms in total. The third kappa shape index (κ3) is 7.09. The minimum Gasteiger partial charge on any atom is -0.454 e. The molecule has 1 aromatic carbocycles. The highest BCUT2D eigenvalue weighted by molar-refractivity contribution is 5.97. The van der Waals surface area contributed by atoms with E-state index in [9.17, 15) is 14.4 Å². The quantitative estimate of drug-likeness (QED) is 0.506. The predicted molar refractivity (Wildman–Crippen MR) is 105 cm³/mol. The summed E-state index contributed by atoms with van der Waals surface area (Å²) in [6.07, 6.45) is 3.17. The first-order valence-corrected chi connectivity index (χ1v) is 8.83. The maximum absolute atomic E-state index is 12.4. The van der Waals surface area contributed by atoms with E-state index in [1.807, 2.05) is 13.0 Å². The van der Waals surface area contributed by atoms with E-state index in [-0.39, 0.29) is 17.7 Å². The maximum Gasteiger partial charge on any atom is 0.329 e. The van der Waals surface area contributed by atoms with Crippen molar-refractivity contribution in [2.45, 2.75) is 26.8 Å². The molecule has 1 atom stereocenters. The van der Waals surface area contributed by atoms with Gasteiger partial charge in [-0.05, 0) is 25.0 Å². The molecule has 0 saturated heterocycles. The summed E-state index contributed by atoms with van der Waals surface area (Å²) in [6, 6.07) is 6.23. The molecule has 146 valence electrons. The lowest BCUT2D eigenvalue weighted by Gasteiger charge is -2.23. The van der Waals surface area contributed by atoms with Gasteiger partial charge in [0.05, 0.1) is 0 Å². The van der Waals surface area contributed by atoms with Crippen LogP contribution in [0.2, 0.25) is 0 Å². The van der Waals surface area contributed by atoms with Crippen molar-refractivity contribution in [1.29, 1.82) is 0 Å². The summed E-state index contributed by atoms with van der Waals surface area (Å²) in [5.41, 5.74) is 1.41. The van der Waals surface area contributed by atoms with Crippen LogP contribution in [0.3, 0.4) is 0 Å². The summed E-state index contributed by atoms with van der Waals surface area (Å²) in [4.78, 5) is 38.5. The van der Waals surface area contributed by atoms with Crippen molar-refractivity contribution in [3.63, 3.8) is 0 Å². The maximum atomic E-state index is 12.4. The van der Waals surface area contributed by atoms with Crippen LogP contribution in [-0.2, 0) is 14.3 Å². The molecule has 1 N–H and O–H groups in total. The van der Waals surface area contributed by atoms with E-state index in [1.54, 1.807) is 44.2 Å². The van der Waals surface area contributed by atoms with Gasteiger partial charge in [0.15, 0.2) is 6.61 Å². The Balaban J connectivity index is 2.72. The predicted octanol–water partition coefficient (Wildman–Crippen LogP) is 2.49. The lowest BCUT2D eigenvalue weighted by atomic mass is 10.0. The Morgan fingerprint density at radius 1 is 1.19 bits per heavy atom. The average molecular weight is 372 g/mol. The van der Waals surface area contributed by atoms with E-state index in [1.165, 1.54) is 4.90 Å². The standard InChI is InChI=1S/C21H28N2O4/c1-6-11-23(12-7-2)18(24)14-27-21(26)19(15(3)4)22-20(25)17-10-8-9-16(5)13-17/h6-10,13,15,19H,1-2,11-12,14H2,3-5H3,(H,22,25). The number of carbonyl (C=O) groups excluding carboxylic acids is 3. The third-order valence-electron chi connectivity index (χ3n) is 3.88. The topological polar surface area (TPSA) is 75.7 Å². The number of nitrogens with one attached hydrogen (secondary N) is 1. The average Bonchev–Trinajstić information content (AvgIpc) is 2.63. The SMILES string of the molecule is C=CCN(CC=C)C(=O)COC(=O)C(NC(=O)c1cccc(C)c1)C(C)C. The van der Waals surface area contributed by atoms with E-state index in [0.29, 0.717) is 18.7 Å². The minimum absolute atomic E-state index is 0.196. The molecule has 2 amide bonds. The Hall–Kier alpha value is -2.89. The molecule has 0 fully saturated rings. The molecule has 27 heavy (non-hydrogen) atoms. The number of hydrogen-bond acceptors (Lipinski definition) is 4. The summed E-state index contributed by atoms with van der Waals surface area (Å²) < 4.78 is 5.15. The van der Waals surface area contributed by atoms with Crippen LogP contribution >= 0.6 is 0 Å². The first-order valence-electron chi connectivity index (χ1n) is 8.83. The van der Waals surface area contributed by atoms with Gasteiger partial charge in [0.1, 0.15) is 6.04 Å². The zero-order chi connectivity index (χ0) is 20.4. The lowest BCUT2D eigenvalue weighted by molar-refractivity contribution is -0.154. The molecule has 1 aromatic rings. The van der Waals surface area contributed by atoms with Crippen molar-refractivity contribution < 1.29 is 19.1 Å². The zero-order valence-electron chi connectivity index (χ0n) is 16.2. The molecular formula is C21H28N2O4. The van der Waals surface area contributed by atoms with Crippen molar-refractivity contribution >= 4 is 17.8 Å². The molecule has 0 aliphatic carbocycles. The van der Waals surface area contributed by atoms with Crippen molar-refractivity contribution in [2.75, 3.05) is 19.7 Å². The van der Waals surface area contributed by atoms with Crippen LogP contribution in [0.5, 0.6) is 0 Å². The first kappa shape index (κ1) is 22.2. The van der Waals surface area contributed by atoms with Crippen LogP contribution in [0.25, 0.3) is 0 Å². The highest BCUT2D eigenvalue weighted by atomic mass is 16.5. The smallest absolute Gasteiger partial charge is 0.329 e. The number of aryl methyl sites for hydroxylation is 1. The summed E-state index contributed by atoms with van der Waals surface area (Å²) >= 11 is 0. The Labute approximate surface area is 160 Å². The molecule has 0 radical (unpaired) electrons. The molecule has 0 heterocycles. The van der Waals surface area contributed by atoms with Crippen LogP contribution in [-0.4, -0.2) is 48.4 Å². The van der Waals surface area contributed by atoms with E-state index >= 15 is 0 Å². The monoisotopic (exact) mass is 372 g/mol. The second-order valence-corrected chi connectivity index (χ2v) is 6.55. The van der Waals surface area contributed by atoms with Crippen molar-refractivity contribution in [3.8, 4) is 0 Å². The largest absolute Gasteiger partial charge is 0.454 e. The molecule has 0 aromatic heterocycles. The van der Waals surface area contributed by atoms with Crippen LogP contribution in [0.4, 0.5) is 0 Å². The van der Waals surface area contributed by atoms with Gasteiger partial charge in [0.2, 0.25) is 0 Å². The minimum atomic E-state index is -0.849. The molecule has 0 spiro atoms. The van der Waals surface area contributed by atoms with E-state index in [4.69, 9.17) is 4.74 Å². The summed E-state index contributed by atoms with van der Waals surface area (Å²) in [7, 11) is 0. The molecule has 0 saturated carbocycles. The fraction of sp³-hybridized carbons (Fsp3) is 0.381. The van der Waals surface area contributed by atoms with Crippen molar-refractivity contribution in [2.24, 2.45) is 5.92 Å². The zero-order valence-corrected chi connectivity index (χ0v) is 16.2. The second kappa shape index (κ2) is 11.0. The van der Waals surface area contributed by atoms with Crippen molar-refractivity contribution in [3.05, 3.63) is 60.7 Å². The molecule has 0 aliphatic rings. The van der Waals surface area contributed by atoms with Crippen LogP contribution in [0.1, 0.15) is 29.8 Å². The van der Waals surface area contributed by atoms with Gasteiger partial charge < -0.3 is 15.0 Å². The molecular weight excluding hydrogens is 344 g/mol. The second-order valence-electron chi connectivity index (χ2n) is 6.55. The van der Waals surface area contributed by atoms with Crippen LogP contribution < -0.4 is 5.32 Å². The lowest BCUT2D eigenvalue weighted by Crippen LogP contribution is -2.46. The number of carbonyl (C=O) groups is 3. The van der Waals surface area contributed by atoms with Crippen molar-refractivity contribution in [1.82, 2.24) is 10.2 Å². The van der Waals surface area contributed by atoms with Gasteiger partial charge in [0, 0.05) is 18.7 Å². The third-order valence-corrected chi connectivity index (χ3v) is 3.88. The number of amides is 2. The van der Waals surface area contributed by atoms with E-state index in [0.717, 1.165) is 5.56 Å². The Kier molecular flexibility index (Phi) is 8.99. The number of esters is 1. The molecule has 1 rings (SSSR count). The molecule has 6 heteroatoms. The number of nitrogens with zero attached hydrogens (tertiary/aromatic N) is 1. The Morgan fingerprint density at radius 3 is 2.33 bits per heavy atom. The highest BCUT2D eigenvalue weighted by Crippen LogP contribution is 2.09. The van der Waals surface area contributed by atoms with E-state index < -0.39 is 18.6 Å². The summed E-state index contributed by atoms with van der Waals surface area (Å²) in [6.45, 7) is 12.9. The Morgan fingerprint density at radius 2 is 1.81 bits per heavy atom. The van der Waals surface area contributed by atoms with Gasteiger partial charge in [-0.15, -0.1) is 13.2 Å². The number of rotatable bonds is 10. The van der Waals surface area contributed by atoms with Crippen LogP contribution in [0, 0.1) is 12.8 Å². The number of benzene rings is 1. The van der Waals surface area contributed by atoms with Gasteiger partial charge in [0.25, 0.3) is 11.8 Å². The normalized spacial score (nSPS) is 11.4. The van der Waals surface area contributed by atoms with Crippen LogP contribution in [0.15, 0.2) is 49.6 Å². The molecule has 1 unspecified atom stereocenters. The van der Waals surface area contributed by atoms with Gasteiger partial charge in [-0.25, -0.2) is 4.79 Å². The molecule has 0 bridgehead atoms. The number of hydrogen-bond donors (Lipinski definition) is 1. The fourth-order valence-electron chi connectivity index (χ4n) is 2.41. The fourth-order valence-corrected chi connectivity index (χ4v) is 2.41. The summed E-state index contributed by atoms with van der Waals surface area (Å²) in [5, 5.41) is 2.69. The van der Waals surface area contributed by atoms with Gasteiger partial charge in [-0.2, -0.15) is 0 Å². The number of ether oxygens (including phenoxy) is 1. The molecule has 0 aliphatic heterocycles. The van der Waals surface area contributed by atoms with Gasteiger partial charge >= 0.3 is 5.97 Å². The van der Waals surface area contributed by atoms with Gasteiger partial charge in [-0.3, -0.25) is 9.59 Å².